The molecule has 2 heterocycles. The molecule has 0 unspecified atom stereocenters. The third-order valence-corrected chi connectivity index (χ3v) is 8.31. The minimum Gasteiger partial charge on any atom is -0.390 e. The molecule has 5 atom stereocenters. The van der Waals surface area contributed by atoms with Gasteiger partial charge >= 0.3 is 0 Å². The Morgan fingerprint density at radius 3 is 2.82 bits per heavy atom. The van der Waals surface area contributed by atoms with Crippen molar-refractivity contribution in [2.24, 2.45) is 22.2 Å². The summed E-state index contributed by atoms with van der Waals surface area (Å²) in [5.74, 6) is 2.80. The molecule has 0 radical (unpaired) electrons. The Hall–Kier alpha value is -2.70. The van der Waals surface area contributed by atoms with Crippen LogP contribution in [0.1, 0.15) is 42.9 Å². The summed E-state index contributed by atoms with van der Waals surface area (Å²) in [7, 11) is 0. The second-order valence-electron chi connectivity index (χ2n) is 10.4. The molecule has 2 aromatic heterocycles. The van der Waals surface area contributed by atoms with Crippen molar-refractivity contribution in [2.75, 3.05) is 11.9 Å². The van der Waals surface area contributed by atoms with E-state index in [0.29, 0.717) is 0 Å². The van der Waals surface area contributed by atoms with Crippen molar-refractivity contribution in [2.45, 2.75) is 57.3 Å². The average molecular weight is 445 g/mol. The Kier molecular flexibility index (Phi) is 4.85. The third kappa shape index (κ3) is 3.47. The first-order chi connectivity index (χ1) is 16.0. The molecule has 0 saturated heterocycles. The van der Waals surface area contributed by atoms with Crippen LogP contribution >= 0.6 is 0 Å². The number of aliphatic imine (C=N–C) groups is 1. The van der Waals surface area contributed by atoms with Crippen molar-refractivity contribution in [1.29, 1.82) is 0 Å². The SMILES string of the molecule is C=Nc1c(C)ccn1[C@H]1[C@H](O)[C@H](O)[C@@]2(CCc3ccc4ccc(NCC5CC5)nc4c3)C[C@H]12. The van der Waals surface area contributed by atoms with Gasteiger partial charge in [0.2, 0.25) is 0 Å². The minimum absolute atomic E-state index is 0.146. The Balaban J connectivity index is 1.18. The maximum Gasteiger partial charge on any atom is 0.135 e. The number of hydrogen-bond acceptors (Lipinski definition) is 5. The molecule has 3 aliphatic carbocycles. The zero-order chi connectivity index (χ0) is 22.7. The van der Waals surface area contributed by atoms with Crippen LogP contribution in [-0.4, -0.2) is 45.2 Å². The summed E-state index contributed by atoms with van der Waals surface area (Å²) in [5, 5.41) is 26.5. The van der Waals surface area contributed by atoms with Gasteiger partial charge in [-0.2, -0.15) is 0 Å². The molecular weight excluding hydrogens is 412 g/mol. The van der Waals surface area contributed by atoms with Gasteiger partial charge in [-0.05, 0) is 93.0 Å². The molecule has 3 saturated carbocycles. The van der Waals surface area contributed by atoms with Gasteiger partial charge in [-0.25, -0.2) is 9.98 Å². The molecule has 3 fully saturated rings. The Morgan fingerprint density at radius 2 is 2.03 bits per heavy atom. The van der Waals surface area contributed by atoms with E-state index in [2.05, 4.69) is 47.4 Å². The van der Waals surface area contributed by atoms with Gasteiger partial charge in [0.05, 0.1) is 17.7 Å². The first kappa shape index (κ1) is 20.9. The summed E-state index contributed by atoms with van der Waals surface area (Å²) in [6, 6.07) is 12.5. The Bertz CT molecular complexity index is 1220. The highest BCUT2D eigenvalue weighted by Crippen LogP contribution is 2.70. The van der Waals surface area contributed by atoms with E-state index in [0.717, 1.165) is 59.8 Å². The molecule has 6 heteroatoms. The lowest BCUT2D eigenvalue weighted by Crippen LogP contribution is -2.34. The highest BCUT2D eigenvalue weighted by atomic mass is 16.3. The van der Waals surface area contributed by atoms with Crippen molar-refractivity contribution in [3.05, 3.63) is 53.7 Å². The van der Waals surface area contributed by atoms with Crippen molar-refractivity contribution in [3.63, 3.8) is 0 Å². The molecular formula is C27H32N4O2. The van der Waals surface area contributed by atoms with E-state index in [9.17, 15) is 10.2 Å². The summed E-state index contributed by atoms with van der Waals surface area (Å²) >= 11 is 0. The summed E-state index contributed by atoms with van der Waals surface area (Å²) in [6.07, 6.45) is 5.77. The zero-order valence-corrected chi connectivity index (χ0v) is 19.1. The summed E-state index contributed by atoms with van der Waals surface area (Å²) in [5.41, 5.74) is 3.05. The predicted octanol–water partition coefficient (Wildman–Crippen LogP) is 4.41. The van der Waals surface area contributed by atoms with Crippen molar-refractivity contribution >= 4 is 29.3 Å². The molecule has 1 aromatic carbocycles. The molecule has 3 aromatic rings. The van der Waals surface area contributed by atoms with E-state index in [1.165, 1.54) is 18.4 Å². The van der Waals surface area contributed by atoms with Gasteiger partial charge in [0.25, 0.3) is 0 Å². The molecule has 3 N–H and O–H groups in total. The van der Waals surface area contributed by atoms with Crippen molar-refractivity contribution in [1.82, 2.24) is 9.55 Å². The van der Waals surface area contributed by atoms with Crippen LogP contribution in [0.25, 0.3) is 10.9 Å². The average Bonchev–Trinajstić information content (AvgIpc) is 3.73. The monoisotopic (exact) mass is 444 g/mol. The van der Waals surface area contributed by atoms with E-state index >= 15 is 0 Å². The van der Waals surface area contributed by atoms with Gasteiger partial charge in [-0.15, -0.1) is 0 Å². The highest BCUT2D eigenvalue weighted by molar-refractivity contribution is 5.81. The Labute approximate surface area is 194 Å². The van der Waals surface area contributed by atoms with Crippen LogP contribution < -0.4 is 5.32 Å². The molecule has 172 valence electrons. The quantitative estimate of drug-likeness (QED) is 0.449. The largest absolute Gasteiger partial charge is 0.390 e. The van der Waals surface area contributed by atoms with Gasteiger partial charge in [-0.1, -0.05) is 12.1 Å². The lowest BCUT2D eigenvalue weighted by Gasteiger charge is -2.25. The molecule has 6 rings (SSSR count). The smallest absolute Gasteiger partial charge is 0.135 e. The maximum absolute atomic E-state index is 11.0. The van der Waals surface area contributed by atoms with Crippen LogP contribution in [0.2, 0.25) is 0 Å². The third-order valence-electron chi connectivity index (χ3n) is 8.31. The van der Waals surface area contributed by atoms with Gasteiger partial charge < -0.3 is 20.1 Å². The van der Waals surface area contributed by atoms with Crippen LogP contribution in [0.5, 0.6) is 0 Å². The highest BCUT2D eigenvalue weighted by Gasteiger charge is 2.70. The number of aryl methyl sites for hydroxylation is 2. The number of aliphatic hydroxyl groups excluding tert-OH is 2. The summed E-state index contributed by atoms with van der Waals surface area (Å²) in [6.45, 7) is 6.71. The van der Waals surface area contributed by atoms with Crippen molar-refractivity contribution < 1.29 is 10.2 Å². The van der Waals surface area contributed by atoms with Crippen LogP contribution in [0, 0.1) is 24.2 Å². The van der Waals surface area contributed by atoms with Crippen LogP contribution in [0.4, 0.5) is 11.6 Å². The molecule has 33 heavy (non-hydrogen) atoms. The van der Waals surface area contributed by atoms with Crippen LogP contribution in [0.15, 0.2) is 47.6 Å². The number of benzene rings is 1. The number of aromatic nitrogens is 2. The number of aliphatic hydroxyl groups is 2. The number of nitrogens with one attached hydrogen (secondary N) is 1. The maximum atomic E-state index is 11.0. The topological polar surface area (TPSA) is 82.7 Å². The van der Waals surface area contributed by atoms with E-state index in [-0.39, 0.29) is 17.4 Å². The number of rotatable bonds is 8. The number of nitrogens with zero attached hydrogens (tertiary/aromatic N) is 3. The predicted molar refractivity (Wildman–Crippen MR) is 131 cm³/mol. The Morgan fingerprint density at radius 1 is 1.21 bits per heavy atom. The number of pyridine rings is 1. The first-order valence-corrected chi connectivity index (χ1v) is 12.1. The lowest BCUT2D eigenvalue weighted by atomic mass is 9.91. The molecule has 0 amide bonds. The number of anilines is 1. The second-order valence-corrected chi connectivity index (χ2v) is 10.4. The van der Waals surface area contributed by atoms with Gasteiger partial charge in [0, 0.05) is 23.5 Å². The number of hydrogen-bond donors (Lipinski definition) is 3. The van der Waals surface area contributed by atoms with E-state index in [4.69, 9.17) is 4.98 Å². The molecule has 0 bridgehead atoms. The fourth-order valence-electron chi connectivity index (χ4n) is 6.06. The molecule has 0 spiro atoms. The first-order valence-electron chi connectivity index (χ1n) is 12.1. The normalized spacial score (nSPS) is 30.4. The van der Waals surface area contributed by atoms with Crippen LogP contribution in [0.3, 0.4) is 0 Å². The molecule has 6 nitrogen and oxygen atoms in total. The summed E-state index contributed by atoms with van der Waals surface area (Å²) < 4.78 is 2.02. The molecule has 0 aliphatic heterocycles. The second kappa shape index (κ2) is 7.67. The lowest BCUT2D eigenvalue weighted by molar-refractivity contribution is -0.0194. The van der Waals surface area contributed by atoms with Gasteiger partial charge in [0.15, 0.2) is 0 Å². The van der Waals surface area contributed by atoms with Gasteiger partial charge in [0.1, 0.15) is 17.7 Å². The standard InChI is InChI=1S/C27H32N4O2/c1-16-10-12-31(26(16)28-2)23-20-14-27(20,25(33)24(23)32)11-9-17-5-6-19-7-8-22(30-21(19)13-17)29-15-18-3-4-18/h5-8,10,12-13,18,20,23-25,32-33H,2-4,9,11,14-15H2,1H3,(H,29,30)/t20-,23-,24+,25+,27+/m1/s1. The number of fused-ring (bicyclic) bond motifs is 2. The van der Waals surface area contributed by atoms with E-state index in [1.54, 1.807) is 0 Å². The van der Waals surface area contributed by atoms with E-state index in [1.807, 2.05) is 23.8 Å². The van der Waals surface area contributed by atoms with Crippen LogP contribution in [-0.2, 0) is 6.42 Å². The zero-order valence-electron chi connectivity index (χ0n) is 19.1. The summed E-state index contributed by atoms with van der Waals surface area (Å²) in [4.78, 5) is 9.00. The minimum atomic E-state index is -0.783. The van der Waals surface area contributed by atoms with E-state index < -0.39 is 12.2 Å². The van der Waals surface area contributed by atoms with Gasteiger partial charge in [-0.3, -0.25) is 0 Å². The fourth-order valence-corrected chi connectivity index (χ4v) is 6.06. The molecule has 3 aliphatic rings. The fraction of sp³-hybridized carbons (Fsp3) is 0.481. The van der Waals surface area contributed by atoms with Crippen molar-refractivity contribution in [3.8, 4) is 0 Å².